The molecule has 2 heterocycles. The molecule has 0 bridgehead atoms. The van der Waals surface area contributed by atoms with Gasteiger partial charge in [-0.3, -0.25) is 9.59 Å². The molecule has 2 aromatic rings. The molecule has 8 nitrogen and oxygen atoms in total. The van der Waals surface area contributed by atoms with Crippen molar-refractivity contribution in [2.24, 2.45) is 0 Å². The fourth-order valence-corrected chi connectivity index (χ4v) is 4.42. The first-order valence-electron chi connectivity index (χ1n) is 11.0. The minimum Gasteiger partial charge on any atom is -0.463 e. The summed E-state index contributed by atoms with van der Waals surface area (Å²) in [6.07, 6.45) is 0.00462. The summed E-state index contributed by atoms with van der Waals surface area (Å²) in [7, 11) is 0. The predicted octanol–water partition coefficient (Wildman–Crippen LogP) is 3.54. The van der Waals surface area contributed by atoms with Crippen LogP contribution in [0.15, 0.2) is 53.7 Å². The smallest absolute Gasteiger partial charge is 0.336 e. The molecule has 4 rings (SSSR count). The molecule has 1 N–H and O–H groups in total. The van der Waals surface area contributed by atoms with Gasteiger partial charge in [0, 0.05) is 29.6 Å². The molecule has 0 saturated carbocycles. The van der Waals surface area contributed by atoms with E-state index in [4.69, 9.17) is 25.8 Å². The Morgan fingerprint density at radius 3 is 2.71 bits per heavy atom. The Morgan fingerprint density at radius 1 is 1.18 bits per heavy atom. The molecule has 9 heteroatoms. The topological polar surface area (TPSA) is 94.2 Å². The summed E-state index contributed by atoms with van der Waals surface area (Å²) < 4.78 is 15.9. The van der Waals surface area contributed by atoms with Crippen molar-refractivity contribution < 1.29 is 28.6 Å². The molecule has 34 heavy (non-hydrogen) atoms. The lowest BCUT2D eigenvalue weighted by molar-refractivity contribution is -0.141. The molecule has 1 atom stereocenters. The summed E-state index contributed by atoms with van der Waals surface area (Å²) in [5.41, 5.74) is 2.23. The Bertz CT molecular complexity index is 1160. The lowest BCUT2D eigenvalue weighted by Gasteiger charge is -2.34. The number of nitrogens with zero attached hydrogens (tertiary/aromatic N) is 1. The van der Waals surface area contributed by atoms with Crippen molar-refractivity contribution in [3.8, 4) is 11.5 Å². The minimum atomic E-state index is -0.548. The Labute approximate surface area is 202 Å². The number of amides is 2. The Hall–Kier alpha value is -3.52. The van der Waals surface area contributed by atoms with E-state index in [0.29, 0.717) is 33.4 Å². The van der Waals surface area contributed by atoms with Crippen LogP contribution in [-0.2, 0) is 25.7 Å². The van der Waals surface area contributed by atoms with Crippen LogP contribution in [0.5, 0.6) is 11.5 Å². The van der Waals surface area contributed by atoms with E-state index < -0.39 is 11.9 Å². The first kappa shape index (κ1) is 23.6. The molecule has 2 aromatic carbocycles. The number of carbonyl (C=O) groups excluding carboxylic acids is 3. The standard InChI is InChI=1S/C25H25ClN2O6/c1-3-32-25(31)24-15(2)28(23(30)11-18(24)17-6-4-5-7-19(17)26)13-22(29)27-12-16-8-9-20-21(10-16)34-14-33-20/h4-10,18H,3,11-14H2,1-2H3,(H,27,29)/t18-/m1/s1. The van der Waals surface area contributed by atoms with Gasteiger partial charge in [0.25, 0.3) is 0 Å². The number of hydrogen-bond acceptors (Lipinski definition) is 6. The highest BCUT2D eigenvalue weighted by Crippen LogP contribution is 2.39. The minimum absolute atomic E-state index is 0.00462. The molecule has 0 fully saturated rings. The van der Waals surface area contributed by atoms with E-state index in [1.54, 1.807) is 50.2 Å². The van der Waals surface area contributed by atoms with Crippen molar-refractivity contribution in [3.63, 3.8) is 0 Å². The number of benzene rings is 2. The maximum atomic E-state index is 13.0. The third-order valence-electron chi connectivity index (χ3n) is 5.83. The second-order valence-corrected chi connectivity index (χ2v) is 8.35. The number of halogens is 1. The Kier molecular flexibility index (Phi) is 7.07. The van der Waals surface area contributed by atoms with Crippen molar-refractivity contribution in [2.75, 3.05) is 19.9 Å². The lowest BCUT2D eigenvalue weighted by atomic mass is 9.83. The molecule has 2 aliphatic rings. The third-order valence-corrected chi connectivity index (χ3v) is 6.17. The SMILES string of the molecule is CCOC(=O)C1=C(C)N(CC(=O)NCc2ccc3c(c2)OCO3)C(=O)C[C@@H]1c1ccccc1Cl. The normalized spacial score (nSPS) is 17.1. The number of carbonyl (C=O) groups is 3. The monoisotopic (exact) mass is 484 g/mol. The van der Waals surface area contributed by atoms with Crippen molar-refractivity contribution in [3.05, 3.63) is 69.9 Å². The largest absolute Gasteiger partial charge is 0.463 e. The molecule has 178 valence electrons. The average molecular weight is 485 g/mol. The number of ether oxygens (including phenoxy) is 3. The highest BCUT2D eigenvalue weighted by Gasteiger charge is 2.38. The van der Waals surface area contributed by atoms with E-state index in [1.807, 2.05) is 6.07 Å². The van der Waals surface area contributed by atoms with Crippen LogP contribution in [0.25, 0.3) is 0 Å². The molecule has 2 aliphatic heterocycles. The number of nitrogens with one attached hydrogen (secondary N) is 1. The van der Waals surface area contributed by atoms with Gasteiger partial charge in [0.1, 0.15) is 6.54 Å². The fraction of sp³-hybridized carbons (Fsp3) is 0.320. The first-order chi connectivity index (χ1) is 16.4. The van der Waals surface area contributed by atoms with Crippen molar-refractivity contribution in [1.82, 2.24) is 10.2 Å². The summed E-state index contributed by atoms with van der Waals surface area (Å²) in [6, 6.07) is 12.5. The van der Waals surface area contributed by atoms with Crippen LogP contribution in [0.1, 0.15) is 37.3 Å². The second-order valence-electron chi connectivity index (χ2n) is 7.94. The van der Waals surface area contributed by atoms with E-state index in [-0.39, 0.29) is 44.7 Å². The van der Waals surface area contributed by atoms with Gasteiger partial charge in [-0.15, -0.1) is 0 Å². The van der Waals surface area contributed by atoms with Crippen LogP contribution in [-0.4, -0.2) is 42.6 Å². The second kappa shape index (κ2) is 10.2. The molecule has 0 aromatic heterocycles. The van der Waals surface area contributed by atoms with E-state index in [1.165, 1.54) is 4.90 Å². The van der Waals surface area contributed by atoms with Gasteiger partial charge in [-0.05, 0) is 43.2 Å². The van der Waals surface area contributed by atoms with E-state index in [0.717, 1.165) is 5.56 Å². The highest BCUT2D eigenvalue weighted by atomic mass is 35.5. The molecular formula is C25H25ClN2O6. The zero-order valence-corrected chi connectivity index (χ0v) is 19.7. The summed E-state index contributed by atoms with van der Waals surface area (Å²) in [4.78, 5) is 39.9. The average Bonchev–Trinajstić information content (AvgIpc) is 3.28. The zero-order valence-electron chi connectivity index (χ0n) is 18.9. The lowest BCUT2D eigenvalue weighted by Crippen LogP contribution is -2.44. The Morgan fingerprint density at radius 2 is 1.94 bits per heavy atom. The van der Waals surface area contributed by atoms with Crippen LogP contribution in [0, 0.1) is 0 Å². The fourth-order valence-electron chi connectivity index (χ4n) is 4.15. The van der Waals surface area contributed by atoms with Crippen LogP contribution in [0.3, 0.4) is 0 Å². The van der Waals surface area contributed by atoms with Crippen LogP contribution in [0.2, 0.25) is 5.02 Å². The molecule has 0 unspecified atom stereocenters. The highest BCUT2D eigenvalue weighted by molar-refractivity contribution is 6.31. The van der Waals surface area contributed by atoms with Gasteiger partial charge in [0.05, 0.1) is 12.2 Å². The van der Waals surface area contributed by atoms with Gasteiger partial charge in [-0.25, -0.2) is 4.79 Å². The predicted molar refractivity (Wildman–Crippen MR) is 124 cm³/mol. The molecule has 0 aliphatic carbocycles. The van der Waals surface area contributed by atoms with Gasteiger partial charge < -0.3 is 24.4 Å². The summed E-state index contributed by atoms with van der Waals surface area (Å²) in [5.74, 6) is -0.411. The quantitative estimate of drug-likeness (QED) is 0.604. The summed E-state index contributed by atoms with van der Waals surface area (Å²) in [6.45, 7) is 3.77. The molecule has 0 spiro atoms. The maximum absolute atomic E-state index is 13.0. The van der Waals surface area contributed by atoms with Crippen molar-refractivity contribution in [2.45, 2.75) is 32.7 Å². The maximum Gasteiger partial charge on any atom is 0.336 e. The Balaban J connectivity index is 1.52. The van der Waals surface area contributed by atoms with E-state index in [2.05, 4.69) is 5.32 Å². The van der Waals surface area contributed by atoms with Gasteiger partial charge in [-0.1, -0.05) is 35.9 Å². The zero-order chi connectivity index (χ0) is 24.2. The molecule has 0 radical (unpaired) electrons. The summed E-state index contributed by atoms with van der Waals surface area (Å²) >= 11 is 6.37. The molecule has 0 saturated heterocycles. The third kappa shape index (κ3) is 4.87. The number of rotatable bonds is 7. The molecule has 2 amide bonds. The van der Waals surface area contributed by atoms with Crippen LogP contribution in [0.4, 0.5) is 0 Å². The van der Waals surface area contributed by atoms with Crippen molar-refractivity contribution in [1.29, 1.82) is 0 Å². The van der Waals surface area contributed by atoms with Gasteiger partial charge in [0.2, 0.25) is 18.6 Å². The number of allylic oxidation sites excluding steroid dienone is 1. The van der Waals surface area contributed by atoms with E-state index in [9.17, 15) is 14.4 Å². The number of fused-ring (bicyclic) bond motifs is 1. The first-order valence-corrected chi connectivity index (χ1v) is 11.3. The van der Waals surface area contributed by atoms with Gasteiger partial charge in [0.15, 0.2) is 11.5 Å². The number of esters is 1. The van der Waals surface area contributed by atoms with Gasteiger partial charge >= 0.3 is 5.97 Å². The number of hydrogen-bond donors (Lipinski definition) is 1. The van der Waals surface area contributed by atoms with Gasteiger partial charge in [-0.2, -0.15) is 0 Å². The van der Waals surface area contributed by atoms with Crippen LogP contribution >= 0.6 is 11.6 Å². The van der Waals surface area contributed by atoms with E-state index >= 15 is 0 Å². The molecular weight excluding hydrogens is 460 g/mol. The van der Waals surface area contributed by atoms with Crippen LogP contribution < -0.4 is 14.8 Å². The summed E-state index contributed by atoms with van der Waals surface area (Å²) in [5, 5.41) is 3.27. The van der Waals surface area contributed by atoms with Crippen molar-refractivity contribution >= 4 is 29.4 Å².